The van der Waals surface area contributed by atoms with Gasteiger partial charge in [-0.1, -0.05) is 48.0 Å². The van der Waals surface area contributed by atoms with Gasteiger partial charge in [0.15, 0.2) is 0 Å². The maximum atomic E-state index is 11.8. The summed E-state index contributed by atoms with van der Waals surface area (Å²) in [7, 11) is 0. The Morgan fingerprint density at radius 2 is 1.73 bits per heavy atom. The molecule has 1 amide bonds. The minimum atomic E-state index is -0.234. The number of rotatable bonds is 10. The smallest absolute Gasteiger partial charge is 0.306 e. The third-order valence-electron chi connectivity index (χ3n) is 3.77. The Labute approximate surface area is 159 Å². The Balaban J connectivity index is 1.50. The average Bonchev–Trinajstić information content (AvgIpc) is 2.66. The third-order valence-corrected chi connectivity index (χ3v) is 4.78. The van der Waals surface area contributed by atoms with Crippen LogP contribution in [0.25, 0.3) is 0 Å². The van der Waals surface area contributed by atoms with Crippen LogP contribution in [0.2, 0.25) is 0 Å². The van der Waals surface area contributed by atoms with Gasteiger partial charge in [0.2, 0.25) is 5.91 Å². The van der Waals surface area contributed by atoms with Crippen molar-refractivity contribution in [3.05, 3.63) is 65.7 Å². The van der Waals surface area contributed by atoms with Gasteiger partial charge in [-0.25, -0.2) is 0 Å². The molecule has 0 radical (unpaired) electrons. The molecule has 0 unspecified atom stereocenters. The van der Waals surface area contributed by atoms with Crippen LogP contribution in [0.3, 0.4) is 0 Å². The molecule has 2 aromatic rings. The van der Waals surface area contributed by atoms with E-state index in [1.807, 2.05) is 61.5 Å². The summed E-state index contributed by atoms with van der Waals surface area (Å²) < 4.78 is 5.14. The molecule has 0 atom stereocenters. The Morgan fingerprint density at radius 1 is 1.00 bits per heavy atom. The van der Waals surface area contributed by atoms with Gasteiger partial charge in [-0.05, 0) is 31.0 Å². The lowest BCUT2D eigenvalue weighted by Crippen LogP contribution is -2.28. The van der Waals surface area contributed by atoms with Crippen molar-refractivity contribution in [1.29, 1.82) is 0 Å². The van der Waals surface area contributed by atoms with E-state index in [1.165, 1.54) is 5.56 Å². The summed E-state index contributed by atoms with van der Waals surface area (Å²) in [4.78, 5) is 24.6. The quantitative estimate of drug-likeness (QED) is 0.392. The molecule has 0 aliphatic rings. The second-order valence-corrected chi connectivity index (χ2v) is 7.14. The maximum absolute atomic E-state index is 11.8. The largest absolute Gasteiger partial charge is 0.464 e. The molecule has 2 aromatic carbocycles. The van der Waals surface area contributed by atoms with Crippen LogP contribution in [-0.4, -0.2) is 30.8 Å². The topological polar surface area (TPSA) is 55.4 Å². The predicted molar refractivity (Wildman–Crippen MR) is 105 cm³/mol. The van der Waals surface area contributed by atoms with Crippen molar-refractivity contribution in [2.24, 2.45) is 0 Å². The number of carbonyl (C=O) groups excluding carboxylic acids is 2. The molecule has 4 nitrogen and oxygen atoms in total. The number of carbonyl (C=O) groups is 2. The zero-order chi connectivity index (χ0) is 18.6. The number of nitrogens with one attached hydrogen (secondary N) is 1. The first-order valence-electron chi connectivity index (χ1n) is 8.79. The van der Waals surface area contributed by atoms with Crippen molar-refractivity contribution in [2.75, 3.05) is 18.9 Å². The number of ether oxygens (including phenoxy) is 1. The van der Waals surface area contributed by atoms with E-state index >= 15 is 0 Å². The summed E-state index contributed by atoms with van der Waals surface area (Å²) in [5.74, 6) is 0.426. The fourth-order valence-electron chi connectivity index (χ4n) is 2.30. The molecule has 138 valence electrons. The molecule has 0 aliphatic heterocycles. The number of benzene rings is 2. The molecule has 0 saturated heterocycles. The average molecular weight is 372 g/mol. The molecule has 0 fully saturated rings. The predicted octanol–water partition coefficient (Wildman–Crippen LogP) is 3.77. The summed E-state index contributed by atoms with van der Waals surface area (Å²) >= 11 is 1.63. The first-order valence-corrected chi connectivity index (χ1v) is 9.78. The van der Waals surface area contributed by atoms with Gasteiger partial charge in [0, 0.05) is 17.1 Å². The number of amides is 1. The van der Waals surface area contributed by atoms with Crippen LogP contribution in [0.15, 0.2) is 59.5 Å². The Bertz CT molecular complexity index is 686. The molecule has 2 rings (SSSR count). The van der Waals surface area contributed by atoms with E-state index in [2.05, 4.69) is 5.32 Å². The lowest BCUT2D eigenvalue weighted by atomic mass is 10.1. The second kappa shape index (κ2) is 11.4. The highest BCUT2D eigenvalue weighted by Gasteiger charge is 2.05. The molecule has 0 aliphatic carbocycles. The first kappa shape index (κ1) is 20.0. The Kier molecular flexibility index (Phi) is 8.76. The first-order chi connectivity index (χ1) is 12.6. The van der Waals surface area contributed by atoms with E-state index in [4.69, 9.17) is 4.74 Å². The van der Waals surface area contributed by atoms with Gasteiger partial charge >= 0.3 is 5.97 Å². The number of aryl methyl sites for hydroxylation is 2. The number of esters is 1. The van der Waals surface area contributed by atoms with Crippen LogP contribution >= 0.6 is 11.8 Å². The van der Waals surface area contributed by atoms with Crippen LogP contribution in [-0.2, 0) is 20.7 Å². The van der Waals surface area contributed by atoms with Crippen LogP contribution in [0.1, 0.15) is 24.0 Å². The molecule has 0 aromatic heterocycles. The van der Waals surface area contributed by atoms with E-state index in [0.717, 1.165) is 10.5 Å². The van der Waals surface area contributed by atoms with Crippen molar-refractivity contribution in [1.82, 2.24) is 5.32 Å². The Morgan fingerprint density at radius 3 is 2.46 bits per heavy atom. The zero-order valence-corrected chi connectivity index (χ0v) is 15.9. The summed E-state index contributed by atoms with van der Waals surface area (Å²) in [6, 6.07) is 18.1. The van der Waals surface area contributed by atoms with Crippen molar-refractivity contribution >= 4 is 23.6 Å². The summed E-state index contributed by atoms with van der Waals surface area (Å²) in [5, 5.41) is 2.78. The van der Waals surface area contributed by atoms with E-state index in [1.54, 1.807) is 11.8 Å². The highest BCUT2D eigenvalue weighted by atomic mass is 32.2. The van der Waals surface area contributed by atoms with E-state index < -0.39 is 0 Å². The summed E-state index contributed by atoms with van der Waals surface area (Å²) in [6.45, 7) is 2.60. The molecular weight excluding hydrogens is 346 g/mol. The van der Waals surface area contributed by atoms with Crippen LogP contribution < -0.4 is 5.32 Å². The molecule has 1 N–H and O–H groups in total. The summed E-state index contributed by atoms with van der Waals surface area (Å²) in [5.41, 5.74) is 2.36. The van der Waals surface area contributed by atoms with Gasteiger partial charge in [-0.15, -0.1) is 11.8 Å². The molecule has 0 heterocycles. The van der Waals surface area contributed by atoms with Crippen LogP contribution in [0, 0.1) is 6.92 Å². The molecule has 26 heavy (non-hydrogen) atoms. The van der Waals surface area contributed by atoms with Gasteiger partial charge in [0.1, 0.15) is 6.61 Å². The molecule has 0 spiro atoms. The van der Waals surface area contributed by atoms with Crippen molar-refractivity contribution in [3.8, 4) is 0 Å². The van der Waals surface area contributed by atoms with Gasteiger partial charge in [-0.2, -0.15) is 0 Å². The molecule has 0 bridgehead atoms. The van der Waals surface area contributed by atoms with Crippen molar-refractivity contribution in [2.45, 2.75) is 31.1 Å². The highest BCUT2D eigenvalue weighted by molar-refractivity contribution is 7.99. The van der Waals surface area contributed by atoms with Gasteiger partial charge in [0.05, 0.1) is 13.0 Å². The van der Waals surface area contributed by atoms with Gasteiger partial charge < -0.3 is 10.1 Å². The van der Waals surface area contributed by atoms with Crippen molar-refractivity contribution in [3.63, 3.8) is 0 Å². The lowest BCUT2D eigenvalue weighted by Gasteiger charge is -2.07. The third kappa shape index (κ3) is 8.21. The Hall–Kier alpha value is -2.27. The van der Waals surface area contributed by atoms with E-state index in [9.17, 15) is 9.59 Å². The minimum absolute atomic E-state index is 0.0266. The van der Waals surface area contributed by atoms with E-state index in [0.29, 0.717) is 31.6 Å². The van der Waals surface area contributed by atoms with Crippen LogP contribution in [0.5, 0.6) is 0 Å². The lowest BCUT2D eigenvalue weighted by molar-refractivity contribution is -0.143. The van der Waals surface area contributed by atoms with E-state index in [-0.39, 0.29) is 18.5 Å². The fourth-order valence-corrected chi connectivity index (χ4v) is 3.15. The number of hydrogen-bond acceptors (Lipinski definition) is 4. The van der Waals surface area contributed by atoms with Gasteiger partial charge in [-0.3, -0.25) is 9.59 Å². The zero-order valence-electron chi connectivity index (χ0n) is 15.1. The number of hydrogen-bond donors (Lipinski definition) is 1. The highest BCUT2D eigenvalue weighted by Crippen LogP contribution is 2.17. The normalized spacial score (nSPS) is 10.3. The molecule has 0 saturated carbocycles. The monoisotopic (exact) mass is 371 g/mol. The number of thioether (sulfide) groups is 1. The second-order valence-electron chi connectivity index (χ2n) is 5.97. The van der Waals surface area contributed by atoms with Crippen molar-refractivity contribution < 1.29 is 14.3 Å². The standard InChI is InChI=1S/C21H25NO3S/c1-17-7-9-18(10-8-17)11-12-20(23)22-14-15-25-21(24)13-16-26-19-5-3-2-4-6-19/h2-10H,11-16H2,1H3,(H,22,23). The maximum Gasteiger partial charge on any atom is 0.306 e. The van der Waals surface area contributed by atoms with Crippen LogP contribution in [0.4, 0.5) is 0 Å². The SMILES string of the molecule is Cc1ccc(CCC(=O)NCCOC(=O)CCSc2ccccc2)cc1. The van der Waals surface area contributed by atoms with Gasteiger partial charge in [0.25, 0.3) is 0 Å². The minimum Gasteiger partial charge on any atom is -0.464 e. The summed E-state index contributed by atoms with van der Waals surface area (Å²) in [6.07, 6.45) is 1.51. The molecular formula is C21H25NO3S. The fraction of sp³-hybridized carbons (Fsp3) is 0.333. The molecule has 5 heteroatoms.